The zero-order chi connectivity index (χ0) is 27.3. The Balaban J connectivity index is 1.11. The molecule has 0 atom stereocenters. The summed E-state index contributed by atoms with van der Waals surface area (Å²) >= 11 is 7.37. The summed E-state index contributed by atoms with van der Waals surface area (Å²) < 4.78 is 14.3. The first kappa shape index (κ1) is 25.9. The smallest absolute Gasteiger partial charge is 0.273 e. The van der Waals surface area contributed by atoms with Crippen molar-refractivity contribution in [3.63, 3.8) is 0 Å². The van der Waals surface area contributed by atoms with Gasteiger partial charge in [0.2, 0.25) is 5.91 Å². The van der Waals surface area contributed by atoms with Crippen LogP contribution in [-0.4, -0.2) is 58.3 Å². The molecule has 0 bridgehead atoms. The fraction of sp³-hybridized carbons (Fsp3) is 0.393. The molecule has 0 radical (unpaired) electrons. The van der Waals surface area contributed by atoms with Crippen molar-refractivity contribution in [3.05, 3.63) is 74.7 Å². The van der Waals surface area contributed by atoms with E-state index in [-0.39, 0.29) is 42.8 Å². The average Bonchev–Trinajstić information content (AvgIpc) is 3.51. The van der Waals surface area contributed by atoms with Crippen LogP contribution in [0.15, 0.2) is 41.4 Å². The van der Waals surface area contributed by atoms with E-state index in [0.29, 0.717) is 34.2 Å². The number of anilines is 1. The number of benzene rings is 1. The van der Waals surface area contributed by atoms with Gasteiger partial charge >= 0.3 is 0 Å². The first-order valence-corrected chi connectivity index (χ1v) is 14.3. The van der Waals surface area contributed by atoms with E-state index < -0.39 is 11.2 Å². The van der Waals surface area contributed by atoms with Crippen LogP contribution in [0.25, 0.3) is 0 Å². The monoisotopic (exact) mass is 567 g/mol. The molecule has 8 nitrogen and oxygen atoms in total. The molecule has 1 spiro atoms. The molecule has 1 aliphatic carbocycles. The van der Waals surface area contributed by atoms with Gasteiger partial charge in [-0.15, -0.1) is 11.3 Å². The normalized spacial score (nSPS) is 21.6. The van der Waals surface area contributed by atoms with E-state index in [1.54, 1.807) is 39.7 Å². The molecule has 1 N–H and O–H groups in total. The quantitative estimate of drug-likeness (QED) is 0.494. The maximum absolute atomic E-state index is 14.3. The van der Waals surface area contributed by atoms with Crippen molar-refractivity contribution in [2.45, 2.75) is 44.1 Å². The van der Waals surface area contributed by atoms with Crippen molar-refractivity contribution >= 4 is 46.3 Å². The van der Waals surface area contributed by atoms with E-state index in [9.17, 15) is 18.8 Å². The third-order valence-corrected chi connectivity index (χ3v) is 8.99. The van der Waals surface area contributed by atoms with Crippen LogP contribution in [-0.2, 0) is 10.2 Å². The minimum absolute atomic E-state index is 0.0226. The molecule has 1 saturated carbocycles. The first-order valence-electron chi connectivity index (χ1n) is 13.0. The van der Waals surface area contributed by atoms with Crippen molar-refractivity contribution in [2.75, 3.05) is 24.5 Å². The number of hydrogen-bond donors (Lipinski definition) is 1. The number of likely N-dealkylation sites (tertiary alicyclic amines) is 1. The van der Waals surface area contributed by atoms with Crippen molar-refractivity contribution < 1.29 is 18.8 Å². The van der Waals surface area contributed by atoms with Gasteiger partial charge in [-0.2, -0.15) is 0 Å². The second-order valence-electron chi connectivity index (χ2n) is 10.7. The molecule has 1 saturated heterocycles. The van der Waals surface area contributed by atoms with Crippen LogP contribution in [0.3, 0.4) is 0 Å². The number of pyridine rings is 1. The third-order valence-electron chi connectivity index (χ3n) is 8.20. The molecule has 3 aliphatic rings. The van der Waals surface area contributed by atoms with Crippen LogP contribution >= 0.6 is 22.9 Å². The van der Waals surface area contributed by atoms with E-state index in [1.807, 2.05) is 0 Å². The number of rotatable bonds is 5. The second kappa shape index (κ2) is 9.98. The van der Waals surface area contributed by atoms with Gasteiger partial charge < -0.3 is 15.1 Å². The van der Waals surface area contributed by atoms with Crippen LogP contribution in [0.4, 0.5) is 10.1 Å². The average molecular weight is 568 g/mol. The molecule has 2 aliphatic heterocycles. The molecule has 11 heteroatoms. The Morgan fingerprint density at radius 2 is 1.95 bits per heavy atom. The van der Waals surface area contributed by atoms with Gasteiger partial charge in [0.25, 0.3) is 11.8 Å². The number of fused-ring (bicyclic) bond motifs is 2. The maximum atomic E-state index is 14.3. The van der Waals surface area contributed by atoms with Gasteiger partial charge in [0.1, 0.15) is 16.9 Å². The Morgan fingerprint density at radius 3 is 2.67 bits per heavy atom. The highest BCUT2D eigenvalue weighted by atomic mass is 35.5. The molecule has 2 aromatic heterocycles. The first-order chi connectivity index (χ1) is 18.7. The van der Waals surface area contributed by atoms with Crippen LogP contribution in [0.1, 0.15) is 57.8 Å². The van der Waals surface area contributed by atoms with Crippen molar-refractivity contribution in [1.29, 1.82) is 0 Å². The SMILES string of the molecule is Cc1ncc(Cl)cc1C(=O)N[C@H]1CC[C@H](CN2C(=O)C3(CN(C(=O)c4cscn4)C3)c3ccc(F)cc32)CC1. The second-order valence-corrected chi connectivity index (χ2v) is 11.8. The molecular weight excluding hydrogens is 541 g/mol. The minimum Gasteiger partial charge on any atom is -0.349 e. The predicted molar refractivity (Wildman–Crippen MR) is 146 cm³/mol. The van der Waals surface area contributed by atoms with Gasteiger partial charge in [0.05, 0.1) is 27.5 Å². The molecule has 202 valence electrons. The molecule has 3 amide bonds. The molecule has 1 aromatic carbocycles. The molecule has 6 rings (SSSR count). The summed E-state index contributed by atoms with van der Waals surface area (Å²) in [5.74, 6) is -0.634. The topological polar surface area (TPSA) is 95.5 Å². The Hall–Kier alpha value is -3.37. The standard InChI is InChI=1S/C28H27ClFN5O3S/c1-16-21(8-18(29)10-31-16)25(36)33-20-5-2-17(3-6-20)11-35-24-9-19(30)4-7-22(24)28(27(35)38)13-34(14-28)26(37)23-12-39-15-32-23/h4,7-10,12,15,17,20H,2-3,5-6,11,13-14H2,1H3,(H,33,36)/t17-,20-. The van der Waals surface area contributed by atoms with E-state index in [0.717, 1.165) is 31.2 Å². The largest absolute Gasteiger partial charge is 0.349 e. The lowest BCUT2D eigenvalue weighted by molar-refractivity contribution is -0.128. The van der Waals surface area contributed by atoms with E-state index in [1.165, 1.54) is 29.7 Å². The lowest BCUT2D eigenvalue weighted by Crippen LogP contribution is -2.65. The highest BCUT2D eigenvalue weighted by Crippen LogP contribution is 2.48. The van der Waals surface area contributed by atoms with Crippen molar-refractivity contribution in [1.82, 2.24) is 20.2 Å². The fourth-order valence-corrected chi connectivity index (χ4v) is 6.76. The number of aromatic nitrogens is 2. The van der Waals surface area contributed by atoms with Gasteiger partial charge in [-0.3, -0.25) is 19.4 Å². The zero-order valence-corrected chi connectivity index (χ0v) is 22.9. The Kier molecular flexibility index (Phi) is 6.63. The number of carbonyl (C=O) groups is 3. The minimum atomic E-state index is -0.844. The summed E-state index contributed by atoms with van der Waals surface area (Å²) in [6.45, 7) is 2.77. The van der Waals surface area contributed by atoms with Crippen LogP contribution < -0.4 is 10.2 Å². The molecule has 3 aromatic rings. The van der Waals surface area contributed by atoms with E-state index in [2.05, 4.69) is 15.3 Å². The molecular formula is C28H27ClFN5O3S. The number of aryl methyl sites for hydroxylation is 1. The molecule has 4 heterocycles. The fourth-order valence-electron chi connectivity index (χ4n) is 6.08. The number of carbonyl (C=O) groups excluding carboxylic acids is 3. The Bertz CT molecular complexity index is 1450. The van der Waals surface area contributed by atoms with Gasteiger partial charge in [0.15, 0.2) is 0 Å². The van der Waals surface area contributed by atoms with E-state index in [4.69, 9.17) is 11.6 Å². The third kappa shape index (κ3) is 4.59. The van der Waals surface area contributed by atoms with Crippen LogP contribution in [0.2, 0.25) is 5.02 Å². The Labute approximate surface area is 234 Å². The lowest BCUT2D eigenvalue weighted by atomic mass is 9.74. The summed E-state index contributed by atoms with van der Waals surface area (Å²) in [6.07, 6.45) is 4.73. The Morgan fingerprint density at radius 1 is 1.18 bits per heavy atom. The lowest BCUT2D eigenvalue weighted by Gasteiger charge is -2.46. The molecule has 0 unspecified atom stereocenters. The zero-order valence-electron chi connectivity index (χ0n) is 21.3. The number of nitrogens with zero attached hydrogens (tertiary/aromatic N) is 4. The summed E-state index contributed by atoms with van der Waals surface area (Å²) in [6, 6.07) is 6.15. The van der Waals surface area contributed by atoms with Gasteiger partial charge in [-0.25, -0.2) is 9.37 Å². The number of thiazole rings is 1. The number of halogens is 2. The van der Waals surface area contributed by atoms with Crippen molar-refractivity contribution in [2.24, 2.45) is 5.92 Å². The van der Waals surface area contributed by atoms with Crippen LogP contribution in [0, 0.1) is 18.7 Å². The van der Waals surface area contributed by atoms with E-state index >= 15 is 0 Å². The summed E-state index contributed by atoms with van der Waals surface area (Å²) in [5.41, 5.74) is 3.62. The maximum Gasteiger partial charge on any atom is 0.273 e. The summed E-state index contributed by atoms with van der Waals surface area (Å²) in [7, 11) is 0. The van der Waals surface area contributed by atoms with Crippen LogP contribution in [0.5, 0.6) is 0 Å². The predicted octanol–water partition coefficient (Wildman–Crippen LogP) is 4.37. The number of nitrogens with one attached hydrogen (secondary N) is 1. The molecule has 2 fully saturated rings. The number of amides is 3. The van der Waals surface area contributed by atoms with Gasteiger partial charge in [-0.1, -0.05) is 17.7 Å². The van der Waals surface area contributed by atoms with Gasteiger partial charge in [-0.05, 0) is 62.3 Å². The summed E-state index contributed by atoms with van der Waals surface area (Å²) in [5, 5.41) is 5.22. The highest BCUT2D eigenvalue weighted by Gasteiger charge is 2.59. The molecule has 39 heavy (non-hydrogen) atoms. The van der Waals surface area contributed by atoms with Crippen molar-refractivity contribution in [3.8, 4) is 0 Å². The highest BCUT2D eigenvalue weighted by molar-refractivity contribution is 7.07. The number of hydrogen-bond acceptors (Lipinski definition) is 6. The summed E-state index contributed by atoms with van der Waals surface area (Å²) in [4.78, 5) is 51.0. The van der Waals surface area contributed by atoms with Gasteiger partial charge in [0, 0.05) is 37.3 Å².